The van der Waals surface area contributed by atoms with E-state index in [4.69, 9.17) is 0 Å². The maximum absolute atomic E-state index is 3.95. The number of aliphatic imine (C=N–C) groups is 1. The van der Waals surface area contributed by atoms with Gasteiger partial charge < -0.3 is 4.99 Å². The zero-order valence-electron chi connectivity index (χ0n) is 8.92. The second kappa shape index (κ2) is 7.78. The van der Waals surface area contributed by atoms with Gasteiger partial charge in [0.25, 0.3) is 0 Å². The maximum Gasteiger partial charge on any atom is 0.0410 e. The summed E-state index contributed by atoms with van der Waals surface area (Å²) >= 11 is 0. The number of rotatable bonds is 7. The molecule has 74 valence electrons. The largest absolute Gasteiger partial charge is 0.301 e. The van der Waals surface area contributed by atoms with Crippen LogP contribution in [0.1, 0.15) is 33.1 Å². The second-order valence-electron chi connectivity index (χ2n) is 3.53. The Morgan fingerprint density at radius 2 is 2.15 bits per heavy atom. The molecular formula is C12H21N. The Labute approximate surface area is 82.3 Å². The Morgan fingerprint density at radius 3 is 2.69 bits per heavy atom. The van der Waals surface area contributed by atoms with Crippen LogP contribution in [0.2, 0.25) is 0 Å². The molecule has 0 N–H and O–H groups in total. The summed E-state index contributed by atoms with van der Waals surface area (Å²) in [6.45, 7) is 12.6. The summed E-state index contributed by atoms with van der Waals surface area (Å²) in [6.07, 6.45) is 7.61. The molecule has 0 saturated heterocycles. The van der Waals surface area contributed by atoms with Gasteiger partial charge in [-0.15, -0.1) is 0 Å². The van der Waals surface area contributed by atoms with Crippen molar-refractivity contribution in [3.05, 3.63) is 24.3 Å². The third-order valence-electron chi connectivity index (χ3n) is 2.05. The van der Waals surface area contributed by atoms with E-state index < -0.39 is 0 Å². The summed E-state index contributed by atoms with van der Waals surface area (Å²) < 4.78 is 0. The summed E-state index contributed by atoms with van der Waals surface area (Å²) in [5.41, 5.74) is 1.30. The van der Waals surface area contributed by atoms with Gasteiger partial charge in [-0.25, -0.2) is 0 Å². The van der Waals surface area contributed by atoms with Crippen molar-refractivity contribution in [1.82, 2.24) is 0 Å². The molecule has 0 radical (unpaired) electrons. The fourth-order valence-corrected chi connectivity index (χ4v) is 1.02. The highest BCUT2D eigenvalue weighted by Crippen LogP contribution is 2.07. The van der Waals surface area contributed by atoms with Gasteiger partial charge in [-0.3, -0.25) is 0 Å². The van der Waals surface area contributed by atoms with Crippen LogP contribution in [-0.4, -0.2) is 13.3 Å². The number of allylic oxidation sites excluding steroid dienone is 3. The van der Waals surface area contributed by atoms with Gasteiger partial charge in [-0.2, -0.15) is 0 Å². The van der Waals surface area contributed by atoms with Crippen LogP contribution in [0.4, 0.5) is 0 Å². The molecular weight excluding hydrogens is 158 g/mol. The summed E-state index contributed by atoms with van der Waals surface area (Å²) in [5.74, 6) is 0.614. The fourth-order valence-electron chi connectivity index (χ4n) is 1.02. The molecule has 1 unspecified atom stereocenters. The highest BCUT2D eigenvalue weighted by Gasteiger charge is 1.95. The van der Waals surface area contributed by atoms with E-state index in [9.17, 15) is 0 Å². The molecule has 0 aliphatic heterocycles. The summed E-state index contributed by atoms with van der Waals surface area (Å²) in [7, 11) is 0. The first-order chi connectivity index (χ1) is 6.20. The Balaban J connectivity index is 3.50. The van der Waals surface area contributed by atoms with Crippen molar-refractivity contribution in [2.75, 3.05) is 6.54 Å². The topological polar surface area (TPSA) is 12.4 Å². The average Bonchev–Trinajstić information content (AvgIpc) is 2.12. The minimum atomic E-state index is 0.614. The van der Waals surface area contributed by atoms with Gasteiger partial charge in [-0.1, -0.05) is 38.2 Å². The lowest BCUT2D eigenvalue weighted by molar-refractivity contribution is 0.608. The van der Waals surface area contributed by atoms with Crippen LogP contribution >= 0.6 is 0 Å². The van der Waals surface area contributed by atoms with E-state index in [1.54, 1.807) is 0 Å². The van der Waals surface area contributed by atoms with Crippen LogP contribution in [0.15, 0.2) is 29.3 Å². The molecule has 13 heavy (non-hydrogen) atoms. The van der Waals surface area contributed by atoms with Crippen LogP contribution < -0.4 is 0 Å². The molecule has 1 heteroatoms. The highest BCUT2D eigenvalue weighted by molar-refractivity contribution is 5.23. The van der Waals surface area contributed by atoms with Crippen molar-refractivity contribution < 1.29 is 0 Å². The van der Waals surface area contributed by atoms with E-state index in [0.29, 0.717) is 5.92 Å². The van der Waals surface area contributed by atoms with Gasteiger partial charge in [0.05, 0.1) is 0 Å². The molecule has 0 aliphatic rings. The molecule has 0 rings (SSSR count). The van der Waals surface area contributed by atoms with Crippen molar-refractivity contribution in [2.24, 2.45) is 10.9 Å². The van der Waals surface area contributed by atoms with Gasteiger partial charge in [0.2, 0.25) is 0 Å². The van der Waals surface area contributed by atoms with Crippen molar-refractivity contribution in [3.63, 3.8) is 0 Å². The highest BCUT2D eigenvalue weighted by atomic mass is 14.7. The van der Waals surface area contributed by atoms with Gasteiger partial charge in [0.15, 0.2) is 0 Å². The molecule has 0 heterocycles. The van der Waals surface area contributed by atoms with Crippen LogP contribution in [0.3, 0.4) is 0 Å². The monoisotopic (exact) mass is 179 g/mol. The molecule has 0 aromatic heterocycles. The fraction of sp³-hybridized carbons (Fsp3) is 0.583. The third-order valence-corrected chi connectivity index (χ3v) is 2.05. The molecule has 0 aromatic carbocycles. The van der Waals surface area contributed by atoms with Gasteiger partial charge in [-0.05, 0) is 31.9 Å². The quantitative estimate of drug-likeness (QED) is 0.418. The molecule has 0 amide bonds. The predicted molar refractivity (Wildman–Crippen MR) is 61.4 cm³/mol. The zero-order valence-corrected chi connectivity index (χ0v) is 8.92. The molecule has 0 aliphatic carbocycles. The summed E-state index contributed by atoms with van der Waals surface area (Å²) in [5, 5.41) is 0. The molecule has 1 nitrogen and oxygen atoms in total. The SMILES string of the molecule is C=NCC(C)C/C=C\CC(=C)CC. The minimum absolute atomic E-state index is 0.614. The summed E-state index contributed by atoms with van der Waals surface area (Å²) in [6, 6.07) is 0. The van der Waals surface area contributed by atoms with E-state index >= 15 is 0 Å². The van der Waals surface area contributed by atoms with Crippen LogP contribution in [0.25, 0.3) is 0 Å². The standard InChI is InChI=1S/C12H21N/c1-5-11(2)8-6-7-9-12(3)10-13-4/h6-7,12H,2,4-5,8-10H2,1,3H3/b7-6-. The average molecular weight is 179 g/mol. The third kappa shape index (κ3) is 7.51. The lowest BCUT2D eigenvalue weighted by Crippen LogP contribution is -1.96. The first-order valence-electron chi connectivity index (χ1n) is 4.94. The van der Waals surface area contributed by atoms with Crippen molar-refractivity contribution in [1.29, 1.82) is 0 Å². The lowest BCUT2D eigenvalue weighted by Gasteiger charge is -2.02. The minimum Gasteiger partial charge on any atom is -0.301 e. The van der Waals surface area contributed by atoms with E-state index in [1.165, 1.54) is 5.57 Å². The van der Waals surface area contributed by atoms with E-state index in [1.807, 2.05) is 0 Å². The number of hydrogen-bond acceptors (Lipinski definition) is 1. The maximum atomic E-state index is 3.95. The van der Waals surface area contributed by atoms with Crippen molar-refractivity contribution in [3.8, 4) is 0 Å². The second-order valence-corrected chi connectivity index (χ2v) is 3.53. The van der Waals surface area contributed by atoms with Gasteiger partial charge in [0.1, 0.15) is 0 Å². The first-order valence-corrected chi connectivity index (χ1v) is 4.94. The molecule has 0 aromatic rings. The predicted octanol–water partition coefficient (Wildman–Crippen LogP) is 3.63. The van der Waals surface area contributed by atoms with Crippen molar-refractivity contribution >= 4 is 6.72 Å². The Bertz CT molecular complexity index is 180. The molecule has 1 atom stereocenters. The molecule has 0 spiro atoms. The van der Waals surface area contributed by atoms with E-state index in [0.717, 1.165) is 25.8 Å². The van der Waals surface area contributed by atoms with E-state index in [-0.39, 0.29) is 0 Å². The Kier molecular flexibility index (Phi) is 7.27. The smallest absolute Gasteiger partial charge is 0.0410 e. The van der Waals surface area contributed by atoms with Crippen molar-refractivity contribution in [2.45, 2.75) is 33.1 Å². The zero-order chi connectivity index (χ0) is 10.1. The lowest BCUT2D eigenvalue weighted by atomic mass is 10.1. The van der Waals surface area contributed by atoms with Crippen LogP contribution in [-0.2, 0) is 0 Å². The van der Waals surface area contributed by atoms with Crippen LogP contribution in [0, 0.1) is 5.92 Å². The van der Waals surface area contributed by atoms with Crippen LogP contribution in [0.5, 0.6) is 0 Å². The van der Waals surface area contributed by atoms with Gasteiger partial charge in [0, 0.05) is 6.54 Å². The Morgan fingerprint density at radius 1 is 1.46 bits per heavy atom. The molecule has 0 bridgehead atoms. The number of hydrogen-bond donors (Lipinski definition) is 0. The molecule has 0 saturated carbocycles. The first kappa shape index (κ1) is 12.2. The summed E-state index contributed by atoms with van der Waals surface area (Å²) in [4.78, 5) is 3.86. The normalized spacial score (nSPS) is 13.1. The Hall–Kier alpha value is -0.850. The number of nitrogens with zero attached hydrogens (tertiary/aromatic N) is 1. The van der Waals surface area contributed by atoms with Gasteiger partial charge >= 0.3 is 0 Å². The van der Waals surface area contributed by atoms with E-state index in [2.05, 4.69) is 44.3 Å². The molecule has 0 fully saturated rings.